The van der Waals surface area contributed by atoms with Crippen molar-refractivity contribution in [3.63, 3.8) is 0 Å². The number of rotatable bonds is 4. The van der Waals surface area contributed by atoms with Crippen molar-refractivity contribution in [2.45, 2.75) is 0 Å². The average Bonchev–Trinajstić information content (AvgIpc) is 4.07. The highest BCUT2D eigenvalue weighted by atomic mass is 15.0. The van der Waals surface area contributed by atoms with Crippen LogP contribution in [0.2, 0.25) is 0 Å². The van der Waals surface area contributed by atoms with Crippen LogP contribution in [-0.2, 0) is 0 Å². The molecular weight excluding hydrogens is 777 g/mol. The molecule has 0 aliphatic heterocycles. The molecule has 0 spiro atoms. The maximum absolute atomic E-state index is 2.56. The molecular formula is C60H36N4. The van der Waals surface area contributed by atoms with Crippen LogP contribution in [0.15, 0.2) is 218 Å². The number of fused-ring (bicyclic) bond motifs is 12. The van der Waals surface area contributed by atoms with E-state index in [0.29, 0.717) is 0 Å². The second-order valence-electron chi connectivity index (χ2n) is 17.3. The van der Waals surface area contributed by atoms with E-state index in [1.807, 2.05) is 0 Å². The Labute approximate surface area is 366 Å². The van der Waals surface area contributed by atoms with Crippen LogP contribution in [0.25, 0.3) is 132 Å². The number of hydrogen-bond acceptors (Lipinski definition) is 0. The highest BCUT2D eigenvalue weighted by molar-refractivity contribution is 6.33. The summed E-state index contributed by atoms with van der Waals surface area (Å²) in [5.41, 5.74) is 16.8. The molecule has 0 radical (unpaired) electrons. The summed E-state index contributed by atoms with van der Waals surface area (Å²) < 4.78 is 9.88. The van der Waals surface area contributed by atoms with Crippen molar-refractivity contribution in [3.05, 3.63) is 218 Å². The third-order valence-corrected chi connectivity index (χ3v) is 14.1. The Morgan fingerprint density at radius 3 is 1.39 bits per heavy atom. The molecule has 15 aromatic rings. The molecule has 4 heteroatoms. The first-order valence-corrected chi connectivity index (χ1v) is 22.1. The van der Waals surface area contributed by atoms with Crippen LogP contribution in [0, 0.1) is 0 Å². The van der Waals surface area contributed by atoms with Crippen molar-refractivity contribution in [1.29, 1.82) is 0 Å². The Hall–Kier alpha value is -8.60. The molecule has 15 rings (SSSR count). The molecule has 0 aliphatic carbocycles. The van der Waals surface area contributed by atoms with E-state index in [1.165, 1.54) is 115 Å². The Bertz CT molecular complexity index is 4350. The first kappa shape index (κ1) is 34.0. The van der Waals surface area contributed by atoms with E-state index in [2.05, 4.69) is 236 Å². The topological polar surface area (TPSA) is 19.2 Å². The minimum atomic E-state index is 1.14. The standard InChI is InChI=1S/C60H36N4/c1-2-14-38(15-3-1)63-52-25-10-7-19-45(52)48-22-12-20-41(59(48)63)37-28-33-46-49-34-35-55-58-57-47(44-18-6-11-26-53(44)64(60(49)58)56(46)36-37)21-13-27-54(57)62(55)40-31-29-39(30-32-40)61-50-23-8-4-16-42(50)43-17-5-9-24-51(43)61/h1-36H. The van der Waals surface area contributed by atoms with E-state index >= 15 is 0 Å². The summed E-state index contributed by atoms with van der Waals surface area (Å²) in [6, 6.07) is 80.7. The lowest BCUT2D eigenvalue weighted by Crippen LogP contribution is -1.97. The van der Waals surface area contributed by atoms with Gasteiger partial charge in [-0.3, -0.25) is 0 Å². The molecule has 0 saturated heterocycles. The van der Waals surface area contributed by atoms with Gasteiger partial charge in [0.2, 0.25) is 0 Å². The molecule has 0 unspecified atom stereocenters. The van der Waals surface area contributed by atoms with Gasteiger partial charge in [-0.1, -0.05) is 140 Å². The van der Waals surface area contributed by atoms with Gasteiger partial charge in [0.25, 0.3) is 0 Å². The van der Waals surface area contributed by atoms with Gasteiger partial charge in [0.05, 0.1) is 49.7 Å². The number of para-hydroxylation sites is 6. The third kappa shape index (κ3) is 4.36. The Kier molecular flexibility index (Phi) is 6.65. The molecule has 0 saturated carbocycles. The zero-order chi connectivity index (χ0) is 41.6. The molecule has 10 aromatic carbocycles. The van der Waals surface area contributed by atoms with Crippen LogP contribution in [-0.4, -0.2) is 18.1 Å². The zero-order valence-corrected chi connectivity index (χ0v) is 34.6. The minimum Gasteiger partial charge on any atom is -0.309 e. The Morgan fingerprint density at radius 1 is 0.234 bits per heavy atom. The number of aromatic nitrogens is 4. The first-order valence-electron chi connectivity index (χ1n) is 22.1. The molecule has 5 aromatic heterocycles. The second-order valence-corrected chi connectivity index (χ2v) is 17.3. The molecule has 4 nitrogen and oxygen atoms in total. The van der Waals surface area contributed by atoms with Crippen molar-refractivity contribution in [1.82, 2.24) is 18.1 Å². The lowest BCUT2D eigenvalue weighted by molar-refractivity contribution is 1.14. The molecule has 296 valence electrons. The summed E-state index contributed by atoms with van der Waals surface area (Å²) in [6.07, 6.45) is 0. The molecule has 0 atom stereocenters. The van der Waals surface area contributed by atoms with Gasteiger partial charge in [-0.2, -0.15) is 0 Å². The minimum absolute atomic E-state index is 1.14. The number of benzene rings is 10. The molecule has 0 fully saturated rings. The maximum atomic E-state index is 2.56. The summed E-state index contributed by atoms with van der Waals surface area (Å²) >= 11 is 0. The van der Waals surface area contributed by atoms with Crippen molar-refractivity contribution in [2.75, 3.05) is 0 Å². The smallest absolute Gasteiger partial charge is 0.0641 e. The Morgan fingerprint density at radius 2 is 0.688 bits per heavy atom. The van der Waals surface area contributed by atoms with Gasteiger partial charge in [-0.25, -0.2) is 0 Å². The SMILES string of the molecule is c1ccc(-n2c3ccccc3c3cccc(-c4ccc5c6ccc7c8c9c(cccc9n7-c7ccc(-n9c%10ccccc%10c%10ccccc%109)cc7)c7ccccc7n(c5c4)c68)c32)cc1. The predicted octanol–water partition coefficient (Wildman–Crippen LogP) is 15.8. The normalized spacial score (nSPS) is 12.4. The summed E-state index contributed by atoms with van der Waals surface area (Å²) in [4.78, 5) is 0. The molecule has 64 heavy (non-hydrogen) atoms. The van der Waals surface area contributed by atoms with Crippen LogP contribution in [0.4, 0.5) is 0 Å². The van der Waals surface area contributed by atoms with E-state index in [0.717, 1.165) is 17.1 Å². The van der Waals surface area contributed by atoms with E-state index in [-0.39, 0.29) is 0 Å². The highest BCUT2D eigenvalue weighted by Gasteiger charge is 2.24. The van der Waals surface area contributed by atoms with Crippen molar-refractivity contribution < 1.29 is 0 Å². The van der Waals surface area contributed by atoms with E-state index in [9.17, 15) is 0 Å². The van der Waals surface area contributed by atoms with Gasteiger partial charge >= 0.3 is 0 Å². The predicted molar refractivity (Wildman–Crippen MR) is 270 cm³/mol. The van der Waals surface area contributed by atoms with Gasteiger partial charge in [-0.15, -0.1) is 0 Å². The van der Waals surface area contributed by atoms with Gasteiger partial charge in [0.1, 0.15) is 0 Å². The number of nitrogens with zero attached hydrogens (tertiary/aromatic N) is 4. The molecule has 0 bridgehead atoms. The maximum Gasteiger partial charge on any atom is 0.0641 e. The number of hydrogen-bond donors (Lipinski definition) is 0. The largest absolute Gasteiger partial charge is 0.309 e. The van der Waals surface area contributed by atoms with Crippen LogP contribution in [0.3, 0.4) is 0 Å². The van der Waals surface area contributed by atoms with Crippen LogP contribution >= 0.6 is 0 Å². The van der Waals surface area contributed by atoms with Gasteiger partial charge in [0.15, 0.2) is 0 Å². The van der Waals surface area contributed by atoms with E-state index in [1.54, 1.807) is 0 Å². The monoisotopic (exact) mass is 812 g/mol. The van der Waals surface area contributed by atoms with Crippen LogP contribution in [0.1, 0.15) is 0 Å². The molecule has 0 aliphatic rings. The fraction of sp³-hybridized carbons (Fsp3) is 0. The van der Waals surface area contributed by atoms with Gasteiger partial charge in [-0.05, 0) is 89.8 Å². The van der Waals surface area contributed by atoms with Crippen LogP contribution < -0.4 is 0 Å². The first-order chi connectivity index (χ1) is 31.8. The summed E-state index contributed by atoms with van der Waals surface area (Å²) in [7, 11) is 0. The van der Waals surface area contributed by atoms with E-state index < -0.39 is 0 Å². The fourth-order valence-corrected chi connectivity index (χ4v) is 11.5. The van der Waals surface area contributed by atoms with Crippen LogP contribution in [0.5, 0.6) is 0 Å². The van der Waals surface area contributed by atoms with Crippen molar-refractivity contribution in [2.24, 2.45) is 0 Å². The fourth-order valence-electron chi connectivity index (χ4n) is 11.5. The van der Waals surface area contributed by atoms with Crippen molar-refractivity contribution >= 4 is 104 Å². The summed E-state index contributed by atoms with van der Waals surface area (Å²) in [5, 5.41) is 12.6. The third-order valence-electron chi connectivity index (χ3n) is 14.1. The van der Waals surface area contributed by atoms with Crippen molar-refractivity contribution in [3.8, 4) is 28.2 Å². The lowest BCUT2D eigenvalue weighted by Gasteiger charge is -2.12. The highest BCUT2D eigenvalue weighted by Crippen LogP contribution is 2.47. The molecule has 0 N–H and O–H groups in total. The van der Waals surface area contributed by atoms with Gasteiger partial charge < -0.3 is 18.1 Å². The molecule has 0 amide bonds. The van der Waals surface area contributed by atoms with E-state index in [4.69, 9.17) is 0 Å². The van der Waals surface area contributed by atoms with Gasteiger partial charge in [0, 0.05) is 71.1 Å². The average molecular weight is 813 g/mol. The molecule has 5 heterocycles. The summed E-state index contributed by atoms with van der Waals surface area (Å²) in [6.45, 7) is 0. The lowest BCUT2D eigenvalue weighted by atomic mass is 9.99. The quantitative estimate of drug-likeness (QED) is 0.169. The Balaban J connectivity index is 1.01. The zero-order valence-electron chi connectivity index (χ0n) is 34.6. The summed E-state index contributed by atoms with van der Waals surface area (Å²) in [5.74, 6) is 0. The second kappa shape index (κ2) is 12.5.